The van der Waals surface area contributed by atoms with Crippen LogP contribution in [0.4, 0.5) is 0 Å². The van der Waals surface area contributed by atoms with Gasteiger partial charge in [0.05, 0.1) is 25.7 Å². The van der Waals surface area contributed by atoms with E-state index < -0.39 is 5.97 Å². The topological polar surface area (TPSA) is 86.5 Å². The first kappa shape index (κ1) is 19.1. The van der Waals surface area contributed by atoms with Crippen molar-refractivity contribution in [2.75, 3.05) is 20.0 Å². The van der Waals surface area contributed by atoms with Crippen LogP contribution in [0.15, 0.2) is 47.6 Å². The van der Waals surface area contributed by atoms with Gasteiger partial charge in [-0.1, -0.05) is 23.4 Å². The molecule has 9 heteroatoms. The minimum absolute atomic E-state index is 0.142. The summed E-state index contributed by atoms with van der Waals surface area (Å²) in [7, 11) is 3.12. The first-order valence-corrected chi connectivity index (χ1v) is 9.18. The van der Waals surface area contributed by atoms with Crippen molar-refractivity contribution in [1.82, 2.24) is 14.8 Å². The Morgan fingerprint density at radius 3 is 2.52 bits per heavy atom. The number of hydrogen-bond donors (Lipinski definition) is 1. The summed E-state index contributed by atoms with van der Waals surface area (Å²) in [5.41, 5.74) is 1.45. The summed E-state index contributed by atoms with van der Waals surface area (Å²) in [6.45, 7) is 0. The van der Waals surface area contributed by atoms with Crippen molar-refractivity contribution >= 4 is 29.3 Å². The lowest BCUT2D eigenvalue weighted by Crippen LogP contribution is -2.05. The van der Waals surface area contributed by atoms with E-state index in [1.165, 1.54) is 0 Å². The number of hydrogen-bond acceptors (Lipinski definition) is 6. The maximum absolute atomic E-state index is 11.0. The van der Waals surface area contributed by atoms with Crippen LogP contribution in [-0.4, -0.2) is 45.8 Å². The number of aliphatic carboxylic acids is 1. The summed E-state index contributed by atoms with van der Waals surface area (Å²) in [6.07, 6.45) is 0. The van der Waals surface area contributed by atoms with E-state index in [4.69, 9.17) is 26.2 Å². The molecule has 0 radical (unpaired) electrons. The van der Waals surface area contributed by atoms with E-state index in [0.29, 0.717) is 33.2 Å². The van der Waals surface area contributed by atoms with Crippen LogP contribution >= 0.6 is 23.4 Å². The molecular formula is C18H16ClN3O4S. The van der Waals surface area contributed by atoms with Gasteiger partial charge in [0.15, 0.2) is 11.0 Å². The molecule has 0 unspecified atom stereocenters. The normalized spacial score (nSPS) is 10.6. The molecule has 1 heterocycles. The van der Waals surface area contributed by atoms with Crippen LogP contribution in [0, 0.1) is 0 Å². The molecule has 3 rings (SSSR count). The second-order valence-corrected chi connectivity index (χ2v) is 6.75. The van der Waals surface area contributed by atoms with Gasteiger partial charge >= 0.3 is 5.97 Å². The van der Waals surface area contributed by atoms with E-state index >= 15 is 0 Å². The molecule has 0 saturated carbocycles. The molecule has 0 fully saturated rings. The fraction of sp³-hybridized carbons (Fsp3) is 0.167. The minimum atomic E-state index is -0.940. The molecule has 27 heavy (non-hydrogen) atoms. The SMILES string of the molecule is COc1ccc(-n2c(SCC(=O)O)nnc2-c2ccc(Cl)cc2)c(OC)c1. The summed E-state index contributed by atoms with van der Waals surface area (Å²) in [6, 6.07) is 12.5. The van der Waals surface area contributed by atoms with Crippen LogP contribution in [0.25, 0.3) is 17.1 Å². The Morgan fingerprint density at radius 1 is 1.15 bits per heavy atom. The monoisotopic (exact) mass is 405 g/mol. The standard InChI is InChI=1S/C18H16ClN3O4S/c1-25-13-7-8-14(15(9-13)26-2)22-17(11-3-5-12(19)6-4-11)20-21-18(22)27-10-16(23)24/h3-9H,10H2,1-2H3,(H,23,24). The largest absolute Gasteiger partial charge is 0.497 e. The number of carbonyl (C=O) groups is 1. The van der Waals surface area contributed by atoms with Crippen LogP contribution in [0.5, 0.6) is 11.5 Å². The third-order valence-corrected chi connectivity index (χ3v) is 4.85. The van der Waals surface area contributed by atoms with Gasteiger partial charge in [-0.3, -0.25) is 9.36 Å². The fourth-order valence-corrected chi connectivity index (χ4v) is 3.25. The van der Waals surface area contributed by atoms with Gasteiger partial charge in [-0.15, -0.1) is 10.2 Å². The predicted octanol–water partition coefficient (Wildman–Crippen LogP) is 3.78. The van der Waals surface area contributed by atoms with Gasteiger partial charge in [-0.2, -0.15) is 0 Å². The zero-order valence-corrected chi connectivity index (χ0v) is 16.1. The average Bonchev–Trinajstić information content (AvgIpc) is 3.10. The van der Waals surface area contributed by atoms with Gasteiger partial charge < -0.3 is 14.6 Å². The average molecular weight is 406 g/mol. The Labute approximate surface area is 164 Å². The van der Waals surface area contributed by atoms with E-state index in [-0.39, 0.29) is 5.75 Å². The minimum Gasteiger partial charge on any atom is -0.497 e. The number of benzene rings is 2. The van der Waals surface area contributed by atoms with Gasteiger partial charge in [0, 0.05) is 16.7 Å². The van der Waals surface area contributed by atoms with E-state index in [0.717, 1.165) is 17.3 Å². The van der Waals surface area contributed by atoms with E-state index in [2.05, 4.69) is 10.2 Å². The molecule has 0 amide bonds. The summed E-state index contributed by atoms with van der Waals surface area (Å²) < 4.78 is 12.5. The molecule has 0 aliphatic rings. The second-order valence-electron chi connectivity index (χ2n) is 5.37. The zero-order chi connectivity index (χ0) is 19.4. The lowest BCUT2D eigenvalue weighted by atomic mass is 10.2. The molecule has 0 saturated heterocycles. The highest BCUT2D eigenvalue weighted by Crippen LogP contribution is 2.34. The van der Waals surface area contributed by atoms with Crippen molar-refractivity contribution in [3.05, 3.63) is 47.5 Å². The number of rotatable bonds is 7. The molecule has 140 valence electrons. The number of carboxylic acids is 1. The number of thioether (sulfide) groups is 1. The molecule has 0 bridgehead atoms. The van der Waals surface area contributed by atoms with Gasteiger partial charge in [0.1, 0.15) is 11.5 Å². The fourth-order valence-electron chi connectivity index (χ4n) is 2.46. The van der Waals surface area contributed by atoms with Gasteiger partial charge in [-0.05, 0) is 36.4 Å². The second kappa shape index (κ2) is 8.32. The number of nitrogens with zero attached hydrogens (tertiary/aromatic N) is 3. The number of halogens is 1. The number of carboxylic acid groups (broad SMARTS) is 1. The maximum atomic E-state index is 11.0. The van der Waals surface area contributed by atoms with Crippen molar-refractivity contribution in [1.29, 1.82) is 0 Å². The van der Waals surface area contributed by atoms with Crippen molar-refractivity contribution in [3.8, 4) is 28.6 Å². The molecule has 0 atom stereocenters. The molecule has 3 aromatic rings. The quantitative estimate of drug-likeness (QED) is 0.598. The van der Waals surface area contributed by atoms with Crippen LogP contribution in [0.3, 0.4) is 0 Å². The zero-order valence-electron chi connectivity index (χ0n) is 14.5. The van der Waals surface area contributed by atoms with Crippen molar-refractivity contribution in [2.45, 2.75) is 5.16 Å². The molecule has 0 spiro atoms. The van der Waals surface area contributed by atoms with E-state index in [9.17, 15) is 4.79 Å². The summed E-state index contributed by atoms with van der Waals surface area (Å²) >= 11 is 7.06. The van der Waals surface area contributed by atoms with Crippen LogP contribution in [-0.2, 0) is 4.79 Å². The highest BCUT2D eigenvalue weighted by molar-refractivity contribution is 7.99. The van der Waals surface area contributed by atoms with Crippen molar-refractivity contribution in [3.63, 3.8) is 0 Å². The van der Waals surface area contributed by atoms with Gasteiger partial charge in [0.25, 0.3) is 0 Å². The number of aromatic nitrogens is 3. The van der Waals surface area contributed by atoms with Gasteiger partial charge in [0.2, 0.25) is 0 Å². The Bertz CT molecular complexity index is 960. The third kappa shape index (κ3) is 4.17. The highest BCUT2D eigenvalue weighted by atomic mass is 35.5. The first-order valence-electron chi connectivity index (χ1n) is 7.82. The lowest BCUT2D eigenvalue weighted by Gasteiger charge is -2.15. The summed E-state index contributed by atoms with van der Waals surface area (Å²) in [4.78, 5) is 11.0. The predicted molar refractivity (Wildman–Crippen MR) is 103 cm³/mol. The Hall–Kier alpha value is -2.71. The van der Waals surface area contributed by atoms with Crippen LogP contribution in [0.1, 0.15) is 0 Å². The molecule has 0 aliphatic heterocycles. The third-order valence-electron chi connectivity index (χ3n) is 3.69. The van der Waals surface area contributed by atoms with E-state index in [1.54, 1.807) is 43.1 Å². The van der Waals surface area contributed by atoms with Crippen LogP contribution in [0.2, 0.25) is 5.02 Å². The van der Waals surface area contributed by atoms with Crippen molar-refractivity contribution < 1.29 is 19.4 Å². The number of methoxy groups -OCH3 is 2. The Morgan fingerprint density at radius 2 is 1.89 bits per heavy atom. The smallest absolute Gasteiger partial charge is 0.313 e. The molecule has 0 aliphatic carbocycles. The highest BCUT2D eigenvalue weighted by Gasteiger charge is 2.20. The molecular weight excluding hydrogens is 390 g/mol. The van der Waals surface area contributed by atoms with Crippen LogP contribution < -0.4 is 9.47 Å². The number of ether oxygens (including phenoxy) is 2. The first-order chi connectivity index (χ1) is 13.0. The maximum Gasteiger partial charge on any atom is 0.313 e. The molecule has 2 aromatic carbocycles. The molecule has 1 aromatic heterocycles. The van der Waals surface area contributed by atoms with E-state index in [1.807, 2.05) is 18.2 Å². The molecule has 1 N–H and O–H groups in total. The summed E-state index contributed by atoms with van der Waals surface area (Å²) in [5.74, 6) is 0.641. The summed E-state index contributed by atoms with van der Waals surface area (Å²) in [5, 5.41) is 18.5. The van der Waals surface area contributed by atoms with Gasteiger partial charge in [-0.25, -0.2) is 0 Å². The molecule has 7 nitrogen and oxygen atoms in total. The van der Waals surface area contributed by atoms with Crippen molar-refractivity contribution in [2.24, 2.45) is 0 Å². The Kier molecular flexibility index (Phi) is 5.88. The Balaban J connectivity index is 2.17. The lowest BCUT2D eigenvalue weighted by molar-refractivity contribution is -0.133.